The summed E-state index contributed by atoms with van der Waals surface area (Å²) >= 11 is 0. The Morgan fingerprint density at radius 3 is 2.54 bits per heavy atom. The van der Waals surface area contributed by atoms with Gasteiger partial charge in [0, 0.05) is 26.4 Å². The van der Waals surface area contributed by atoms with Crippen molar-refractivity contribution >= 4 is 0 Å². The number of aliphatic hydroxyl groups is 1. The molecule has 0 amide bonds. The van der Waals surface area contributed by atoms with E-state index >= 15 is 0 Å². The highest BCUT2D eigenvalue weighted by atomic mass is 16.5. The van der Waals surface area contributed by atoms with Gasteiger partial charge in [0.2, 0.25) is 0 Å². The molecule has 0 fully saturated rings. The molecule has 0 aromatic heterocycles. The van der Waals surface area contributed by atoms with E-state index in [-0.39, 0.29) is 6.61 Å². The van der Waals surface area contributed by atoms with Gasteiger partial charge in [-0.2, -0.15) is 0 Å². The smallest absolute Gasteiger partial charge is 0.0477 e. The van der Waals surface area contributed by atoms with Crippen molar-refractivity contribution in [3.63, 3.8) is 0 Å². The number of hydrogen-bond donors (Lipinski definition) is 2. The van der Waals surface area contributed by atoms with E-state index in [2.05, 4.69) is 19.2 Å². The largest absolute Gasteiger partial charge is 0.396 e. The highest BCUT2D eigenvalue weighted by Gasteiger charge is 2.11. The fraction of sp³-hybridized carbons (Fsp3) is 1.00. The summed E-state index contributed by atoms with van der Waals surface area (Å²) in [6.45, 7) is 6.36. The maximum absolute atomic E-state index is 8.63. The lowest BCUT2D eigenvalue weighted by Gasteiger charge is -2.21. The summed E-state index contributed by atoms with van der Waals surface area (Å²) in [6.07, 6.45) is 1.87. The molecule has 0 radical (unpaired) electrons. The van der Waals surface area contributed by atoms with Gasteiger partial charge in [-0.15, -0.1) is 0 Å². The fourth-order valence-electron chi connectivity index (χ4n) is 1.28. The third kappa shape index (κ3) is 6.99. The van der Waals surface area contributed by atoms with Crippen LogP contribution in [-0.2, 0) is 4.74 Å². The number of hydrogen-bond acceptors (Lipinski definition) is 3. The summed E-state index contributed by atoms with van der Waals surface area (Å²) in [5.41, 5.74) is 0. The highest BCUT2D eigenvalue weighted by molar-refractivity contribution is 4.69. The number of ether oxygens (including phenoxy) is 1. The first kappa shape index (κ1) is 12.9. The van der Waals surface area contributed by atoms with Crippen molar-refractivity contribution in [2.45, 2.75) is 32.7 Å². The molecule has 0 aromatic rings. The third-order valence-corrected chi connectivity index (χ3v) is 2.18. The fourth-order valence-corrected chi connectivity index (χ4v) is 1.28. The zero-order valence-electron chi connectivity index (χ0n) is 9.05. The van der Waals surface area contributed by atoms with Crippen molar-refractivity contribution in [1.82, 2.24) is 5.32 Å². The Labute approximate surface area is 81.5 Å². The van der Waals surface area contributed by atoms with Gasteiger partial charge in [-0.1, -0.05) is 13.8 Å². The van der Waals surface area contributed by atoms with E-state index < -0.39 is 0 Å². The minimum atomic E-state index is 0.266. The van der Waals surface area contributed by atoms with Crippen molar-refractivity contribution in [3.05, 3.63) is 0 Å². The Kier molecular flexibility index (Phi) is 8.40. The molecule has 0 rings (SSSR count). The lowest BCUT2D eigenvalue weighted by Crippen LogP contribution is -2.35. The molecule has 0 bridgehead atoms. The molecule has 0 aliphatic rings. The number of methoxy groups -OCH3 is 1. The predicted molar refractivity (Wildman–Crippen MR) is 54.8 cm³/mol. The van der Waals surface area contributed by atoms with Gasteiger partial charge >= 0.3 is 0 Å². The van der Waals surface area contributed by atoms with E-state index in [9.17, 15) is 0 Å². The van der Waals surface area contributed by atoms with Crippen LogP contribution in [0.3, 0.4) is 0 Å². The molecule has 0 heterocycles. The van der Waals surface area contributed by atoms with E-state index in [0.717, 1.165) is 26.0 Å². The molecule has 1 atom stereocenters. The van der Waals surface area contributed by atoms with Crippen LogP contribution in [0.4, 0.5) is 0 Å². The summed E-state index contributed by atoms with van der Waals surface area (Å²) < 4.78 is 5.04. The Balaban J connectivity index is 3.54. The first-order valence-corrected chi connectivity index (χ1v) is 5.05. The molecular formula is C10H23NO2. The van der Waals surface area contributed by atoms with Gasteiger partial charge in [-0.25, -0.2) is 0 Å². The summed E-state index contributed by atoms with van der Waals surface area (Å²) in [4.78, 5) is 0. The monoisotopic (exact) mass is 189 g/mol. The van der Waals surface area contributed by atoms with Gasteiger partial charge in [-0.3, -0.25) is 0 Å². The molecule has 0 aliphatic heterocycles. The highest BCUT2D eigenvalue weighted by Crippen LogP contribution is 2.05. The minimum Gasteiger partial charge on any atom is -0.396 e. The van der Waals surface area contributed by atoms with Crippen LogP contribution in [0.25, 0.3) is 0 Å². The van der Waals surface area contributed by atoms with Crippen molar-refractivity contribution in [3.8, 4) is 0 Å². The zero-order valence-corrected chi connectivity index (χ0v) is 9.05. The lowest BCUT2D eigenvalue weighted by atomic mass is 10.0. The Morgan fingerprint density at radius 2 is 2.08 bits per heavy atom. The topological polar surface area (TPSA) is 41.5 Å². The minimum absolute atomic E-state index is 0.266. The van der Waals surface area contributed by atoms with Gasteiger partial charge in [0.05, 0.1) is 0 Å². The number of nitrogens with one attached hydrogen (secondary N) is 1. The molecule has 1 unspecified atom stereocenters. The van der Waals surface area contributed by atoms with Crippen molar-refractivity contribution < 1.29 is 9.84 Å². The summed E-state index contributed by atoms with van der Waals surface area (Å²) in [6, 6.07) is 0.506. The molecule has 2 N–H and O–H groups in total. The molecule has 3 heteroatoms. The predicted octanol–water partition coefficient (Wildman–Crippen LogP) is 1.02. The molecule has 0 aliphatic carbocycles. The van der Waals surface area contributed by atoms with Gasteiger partial charge in [0.25, 0.3) is 0 Å². The van der Waals surface area contributed by atoms with Crippen LogP contribution in [0.15, 0.2) is 0 Å². The van der Waals surface area contributed by atoms with Crippen LogP contribution in [-0.4, -0.2) is 38.0 Å². The molecule has 3 nitrogen and oxygen atoms in total. The van der Waals surface area contributed by atoms with E-state index in [1.807, 2.05) is 0 Å². The summed E-state index contributed by atoms with van der Waals surface area (Å²) in [7, 11) is 1.73. The summed E-state index contributed by atoms with van der Waals surface area (Å²) in [5.74, 6) is 0.619. The maximum atomic E-state index is 8.63. The van der Waals surface area contributed by atoms with Crippen LogP contribution in [0, 0.1) is 5.92 Å². The molecule has 0 saturated heterocycles. The Morgan fingerprint density at radius 1 is 1.38 bits per heavy atom. The Hall–Kier alpha value is -0.120. The normalized spacial score (nSPS) is 13.6. The number of rotatable bonds is 8. The SMILES string of the molecule is COCCC(NCCCO)C(C)C. The van der Waals surface area contributed by atoms with Crippen molar-refractivity contribution in [1.29, 1.82) is 0 Å². The standard InChI is InChI=1S/C10H23NO2/c1-9(2)10(5-8-13-3)11-6-4-7-12/h9-12H,4-8H2,1-3H3. The van der Waals surface area contributed by atoms with E-state index in [1.54, 1.807) is 7.11 Å². The Bertz CT molecular complexity index is 107. The molecule has 80 valence electrons. The van der Waals surface area contributed by atoms with Crippen molar-refractivity contribution in [2.75, 3.05) is 26.9 Å². The van der Waals surface area contributed by atoms with E-state index in [1.165, 1.54) is 0 Å². The molecular weight excluding hydrogens is 166 g/mol. The molecule has 0 saturated carbocycles. The van der Waals surface area contributed by atoms with Crippen LogP contribution in [0.5, 0.6) is 0 Å². The average Bonchev–Trinajstić information content (AvgIpc) is 2.10. The first-order valence-electron chi connectivity index (χ1n) is 5.05. The number of aliphatic hydroxyl groups excluding tert-OH is 1. The zero-order chi connectivity index (χ0) is 10.1. The molecule has 13 heavy (non-hydrogen) atoms. The third-order valence-electron chi connectivity index (χ3n) is 2.18. The maximum Gasteiger partial charge on any atom is 0.0477 e. The lowest BCUT2D eigenvalue weighted by molar-refractivity contribution is 0.172. The first-order chi connectivity index (χ1) is 6.22. The van der Waals surface area contributed by atoms with Crippen molar-refractivity contribution in [2.24, 2.45) is 5.92 Å². The van der Waals surface area contributed by atoms with Crippen LogP contribution in [0.1, 0.15) is 26.7 Å². The van der Waals surface area contributed by atoms with E-state index in [0.29, 0.717) is 12.0 Å². The second-order valence-electron chi connectivity index (χ2n) is 3.66. The second-order valence-corrected chi connectivity index (χ2v) is 3.66. The van der Waals surface area contributed by atoms with E-state index in [4.69, 9.17) is 9.84 Å². The molecule has 0 spiro atoms. The quantitative estimate of drug-likeness (QED) is 0.560. The van der Waals surface area contributed by atoms with Gasteiger partial charge < -0.3 is 15.2 Å². The van der Waals surface area contributed by atoms with Gasteiger partial charge in [0.15, 0.2) is 0 Å². The molecule has 0 aromatic carbocycles. The summed E-state index contributed by atoms with van der Waals surface area (Å²) in [5, 5.41) is 12.0. The van der Waals surface area contributed by atoms with Gasteiger partial charge in [-0.05, 0) is 25.3 Å². The second kappa shape index (κ2) is 8.48. The average molecular weight is 189 g/mol. The van der Waals surface area contributed by atoms with Gasteiger partial charge in [0.1, 0.15) is 0 Å². The van der Waals surface area contributed by atoms with Crippen LogP contribution < -0.4 is 5.32 Å². The van der Waals surface area contributed by atoms with Crippen LogP contribution in [0.2, 0.25) is 0 Å². The van der Waals surface area contributed by atoms with Crippen LogP contribution >= 0.6 is 0 Å².